The first-order valence-electron chi connectivity index (χ1n) is 5.50. The van der Waals surface area contributed by atoms with E-state index in [9.17, 15) is 9.59 Å². The Morgan fingerprint density at radius 2 is 2.11 bits per heavy atom. The predicted molar refractivity (Wildman–Crippen MR) is 69.4 cm³/mol. The Hall–Kier alpha value is -2.36. The number of rotatable bonds is 3. The van der Waals surface area contributed by atoms with Gasteiger partial charge in [0, 0.05) is 17.1 Å². The molecule has 1 heterocycles. The van der Waals surface area contributed by atoms with Crippen LogP contribution in [0, 0.1) is 0 Å². The minimum atomic E-state index is -0.368. The van der Waals surface area contributed by atoms with E-state index in [4.69, 9.17) is 0 Å². The zero-order valence-corrected chi connectivity index (χ0v) is 10.2. The van der Waals surface area contributed by atoms with Crippen LogP contribution in [0.2, 0.25) is 0 Å². The largest absolute Gasteiger partial charge is 0.465 e. The van der Waals surface area contributed by atoms with Gasteiger partial charge in [-0.3, -0.25) is 4.79 Å². The molecule has 1 N–H and O–H groups in total. The topological polar surface area (TPSA) is 59.2 Å². The van der Waals surface area contributed by atoms with Gasteiger partial charge in [-0.1, -0.05) is 6.07 Å². The summed E-state index contributed by atoms with van der Waals surface area (Å²) in [4.78, 5) is 25.3. The molecular formula is C14H13NO3. The average Bonchev–Trinajstić information content (AvgIpc) is 2.77. The van der Waals surface area contributed by atoms with Crippen molar-refractivity contribution >= 4 is 28.7 Å². The maximum absolute atomic E-state index is 11.4. The van der Waals surface area contributed by atoms with Crippen molar-refractivity contribution in [2.45, 2.75) is 6.92 Å². The molecule has 92 valence electrons. The summed E-state index contributed by atoms with van der Waals surface area (Å²) in [5.41, 5.74) is 2.24. The van der Waals surface area contributed by atoms with E-state index in [1.165, 1.54) is 20.1 Å². The Morgan fingerprint density at radius 1 is 1.33 bits per heavy atom. The number of ketones is 1. The van der Waals surface area contributed by atoms with Gasteiger partial charge in [0.05, 0.1) is 12.7 Å². The summed E-state index contributed by atoms with van der Waals surface area (Å²) < 4.78 is 4.66. The van der Waals surface area contributed by atoms with Crippen LogP contribution < -0.4 is 0 Å². The fourth-order valence-corrected chi connectivity index (χ4v) is 1.74. The second-order valence-corrected chi connectivity index (χ2v) is 3.94. The summed E-state index contributed by atoms with van der Waals surface area (Å²) in [6.45, 7) is 1.50. The number of ether oxygens (including phenoxy) is 1. The van der Waals surface area contributed by atoms with Crippen molar-refractivity contribution in [3.8, 4) is 0 Å². The van der Waals surface area contributed by atoms with Crippen LogP contribution in [0.1, 0.15) is 22.8 Å². The van der Waals surface area contributed by atoms with Crippen LogP contribution in [0.15, 0.2) is 30.5 Å². The van der Waals surface area contributed by atoms with Crippen molar-refractivity contribution in [2.75, 3.05) is 7.11 Å². The Morgan fingerprint density at radius 3 is 2.78 bits per heavy atom. The van der Waals surface area contributed by atoms with E-state index in [0.29, 0.717) is 5.56 Å². The molecule has 2 rings (SSSR count). The van der Waals surface area contributed by atoms with E-state index in [2.05, 4.69) is 9.72 Å². The van der Waals surface area contributed by atoms with Gasteiger partial charge >= 0.3 is 5.97 Å². The lowest BCUT2D eigenvalue weighted by Crippen LogP contribution is -2.00. The van der Waals surface area contributed by atoms with E-state index >= 15 is 0 Å². The minimum absolute atomic E-state index is 0.00414. The number of aromatic amines is 1. The molecule has 0 radical (unpaired) electrons. The van der Waals surface area contributed by atoms with Crippen LogP contribution in [0.25, 0.3) is 17.0 Å². The fraction of sp³-hybridized carbons (Fsp3) is 0.143. The lowest BCUT2D eigenvalue weighted by Gasteiger charge is -1.99. The molecule has 2 aromatic rings. The Kier molecular flexibility index (Phi) is 3.28. The molecule has 0 unspecified atom stereocenters. The van der Waals surface area contributed by atoms with Gasteiger partial charge in [0.25, 0.3) is 0 Å². The Bertz CT molecular complexity index is 638. The molecule has 1 aromatic heterocycles. The SMILES string of the molecule is COC(=O)c1ccc2c(/C=C/C(C)=O)c[nH]c2c1. The number of benzene rings is 1. The number of carbonyl (C=O) groups is 2. The van der Waals surface area contributed by atoms with E-state index in [1.807, 2.05) is 6.07 Å². The van der Waals surface area contributed by atoms with Gasteiger partial charge in [-0.15, -0.1) is 0 Å². The highest BCUT2D eigenvalue weighted by Gasteiger charge is 2.08. The number of hydrogen-bond donors (Lipinski definition) is 1. The monoisotopic (exact) mass is 243 g/mol. The summed E-state index contributed by atoms with van der Waals surface area (Å²) in [5, 5.41) is 0.958. The number of esters is 1. The number of H-pyrrole nitrogens is 1. The summed E-state index contributed by atoms with van der Waals surface area (Å²) in [6, 6.07) is 5.26. The normalized spacial score (nSPS) is 11.0. The summed E-state index contributed by atoms with van der Waals surface area (Å²) in [7, 11) is 1.35. The highest BCUT2D eigenvalue weighted by molar-refractivity contribution is 5.99. The van der Waals surface area contributed by atoms with Crippen molar-refractivity contribution in [1.29, 1.82) is 0 Å². The van der Waals surface area contributed by atoms with Gasteiger partial charge < -0.3 is 9.72 Å². The number of nitrogens with one attached hydrogen (secondary N) is 1. The molecule has 0 atom stereocenters. The minimum Gasteiger partial charge on any atom is -0.465 e. The molecule has 1 aromatic carbocycles. The maximum atomic E-state index is 11.4. The van der Waals surface area contributed by atoms with Gasteiger partial charge in [0.2, 0.25) is 0 Å². The van der Waals surface area contributed by atoms with E-state index in [-0.39, 0.29) is 11.8 Å². The maximum Gasteiger partial charge on any atom is 0.337 e. The van der Waals surface area contributed by atoms with Crippen molar-refractivity contribution in [3.63, 3.8) is 0 Å². The van der Waals surface area contributed by atoms with Crippen LogP contribution in [0.5, 0.6) is 0 Å². The predicted octanol–water partition coefficient (Wildman–Crippen LogP) is 2.56. The first-order chi connectivity index (χ1) is 8.61. The smallest absolute Gasteiger partial charge is 0.337 e. The number of methoxy groups -OCH3 is 1. The van der Waals surface area contributed by atoms with Gasteiger partial charge in [-0.25, -0.2) is 4.79 Å². The average molecular weight is 243 g/mol. The van der Waals surface area contributed by atoms with E-state index in [0.717, 1.165) is 16.5 Å². The van der Waals surface area contributed by atoms with Gasteiger partial charge in [-0.05, 0) is 36.8 Å². The molecule has 0 aliphatic heterocycles. The Labute approximate surface area is 104 Å². The lowest BCUT2D eigenvalue weighted by atomic mass is 10.1. The number of carbonyl (C=O) groups excluding carboxylic acids is 2. The quantitative estimate of drug-likeness (QED) is 0.665. The van der Waals surface area contributed by atoms with Crippen LogP contribution in [0.4, 0.5) is 0 Å². The zero-order chi connectivity index (χ0) is 13.1. The molecule has 0 fully saturated rings. The van der Waals surface area contributed by atoms with Crippen LogP contribution in [-0.4, -0.2) is 23.8 Å². The molecule has 4 nitrogen and oxygen atoms in total. The Balaban J connectivity index is 2.43. The van der Waals surface area contributed by atoms with Crippen LogP contribution >= 0.6 is 0 Å². The van der Waals surface area contributed by atoms with Crippen molar-refractivity contribution in [1.82, 2.24) is 4.98 Å². The lowest BCUT2D eigenvalue weighted by molar-refractivity contribution is -0.112. The summed E-state index contributed by atoms with van der Waals surface area (Å²) >= 11 is 0. The fourth-order valence-electron chi connectivity index (χ4n) is 1.74. The summed E-state index contributed by atoms with van der Waals surface area (Å²) in [5.74, 6) is -0.372. The standard InChI is InChI=1S/C14H13NO3/c1-9(16)3-4-11-8-15-13-7-10(14(17)18-2)5-6-12(11)13/h3-8,15H,1-2H3/b4-3+. The van der Waals surface area contributed by atoms with Gasteiger partial charge in [-0.2, -0.15) is 0 Å². The van der Waals surface area contributed by atoms with Crippen molar-refractivity contribution in [2.24, 2.45) is 0 Å². The second kappa shape index (κ2) is 4.87. The molecule has 0 bridgehead atoms. The molecule has 0 aliphatic carbocycles. The second-order valence-electron chi connectivity index (χ2n) is 3.94. The van der Waals surface area contributed by atoms with Crippen molar-refractivity contribution < 1.29 is 14.3 Å². The van der Waals surface area contributed by atoms with Crippen molar-refractivity contribution in [3.05, 3.63) is 41.6 Å². The highest BCUT2D eigenvalue weighted by atomic mass is 16.5. The molecule has 18 heavy (non-hydrogen) atoms. The van der Waals surface area contributed by atoms with Gasteiger partial charge in [0.15, 0.2) is 5.78 Å². The third-order valence-electron chi connectivity index (χ3n) is 2.63. The summed E-state index contributed by atoms with van der Waals surface area (Å²) in [6.07, 6.45) is 5.06. The molecular weight excluding hydrogens is 230 g/mol. The number of hydrogen-bond acceptors (Lipinski definition) is 3. The first-order valence-corrected chi connectivity index (χ1v) is 5.50. The van der Waals surface area contributed by atoms with Crippen LogP contribution in [-0.2, 0) is 9.53 Å². The van der Waals surface area contributed by atoms with Gasteiger partial charge in [0.1, 0.15) is 0 Å². The molecule has 0 amide bonds. The third kappa shape index (κ3) is 2.32. The molecule has 0 saturated carbocycles. The number of fused-ring (bicyclic) bond motifs is 1. The van der Waals surface area contributed by atoms with E-state index in [1.54, 1.807) is 24.4 Å². The molecule has 0 spiro atoms. The first kappa shape index (κ1) is 12.1. The number of allylic oxidation sites excluding steroid dienone is 1. The van der Waals surface area contributed by atoms with Crippen LogP contribution in [0.3, 0.4) is 0 Å². The van der Waals surface area contributed by atoms with E-state index < -0.39 is 0 Å². The third-order valence-corrected chi connectivity index (χ3v) is 2.63. The highest BCUT2D eigenvalue weighted by Crippen LogP contribution is 2.21. The molecule has 0 saturated heterocycles. The molecule has 4 heteroatoms. The zero-order valence-electron chi connectivity index (χ0n) is 10.2. The molecule has 0 aliphatic rings. The number of aromatic nitrogens is 1.